The third-order valence-corrected chi connectivity index (χ3v) is 4.63. The van der Waals surface area contributed by atoms with Crippen molar-refractivity contribution in [3.63, 3.8) is 0 Å². The van der Waals surface area contributed by atoms with E-state index < -0.39 is 5.92 Å². The van der Waals surface area contributed by atoms with Crippen LogP contribution in [0.1, 0.15) is 55.9 Å². The number of carbonyl (C=O) groups is 1. The minimum Gasteiger partial charge on any atom is -0.481 e. The van der Waals surface area contributed by atoms with Crippen molar-refractivity contribution in [1.29, 1.82) is 0 Å². The van der Waals surface area contributed by atoms with Gasteiger partial charge >= 0.3 is 0 Å². The zero-order valence-corrected chi connectivity index (χ0v) is 17.7. The Bertz CT molecular complexity index is 809. The largest absolute Gasteiger partial charge is 0.481 e. The molecule has 0 saturated carbocycles. The first kappa shape index (κ1) is 21.6. The molecule has 28 heavy (non-hydrogen) atoms. The van der Waals surface area contributed by atoms with Crippen LogP contribution in [0, 0.1) is 13.8 Å². The van der Waals surface area contributed by atoms with E-state index in [0.717, 1.165) is 24.4 Å². The number of ether oxygens (including phenoxy) is 1. The molecule has 0 aliphatic heterocycles. The number of likely N-dealkylation sites (N-methyl/N-ethyl adjacent to an activating group) is 1. The summed E-state index contributed by atoms with van der Waals surface area (Å²) in [6.45, 7) is 10.7. The van der Waals surface area contributed by atoms with Gasteiger partial charge in [0.15, 0.2) is 0 Å². The monoisotopic (exact) mass is 385 g/mol. The molecule has 1 amide bonds. The van der Waals surface area contributed by atoms with E-state index in [4.69, 9.17) is 4.74 Å². The van der Waals surface area contributed by atoms with Gasteiger partial charge in [-0.15, -0.1) is 0 Å². The lowest BCUT2D eigenvalue weighted by molar-refractivity contribution is -0.132. The fraction of sp³-hybridized carbons (Fsp3) is 0.524. The molecular weight excluding hydrogens is 354 g/mol. The Morgan fingerprint density at radius 3 is 2.61 bits per heavy atom. The van der Waals surface area contributed by atoms with Crippen LogP contribution in [0.2, 0.25) is 0 Å². The van der Waals surface area contributed by atoms with Crippen molar-refractivity contribution in [2.75, 3.05) is 25.6 Å². The van der Waals surface area contributed by atoms with Crippen LogP contribution in [0.4, 0.5) is 5.82 Å². The highest BCUT2D eigenvalue weighted by Gasteiger charge is 2.23. The number of amides is 1. The summed E-state index contributed by atoms with van der Waals surface area (Å²) in [6, 6.07) is 5.84. The second-order valence-corrected chi connectivity index (χ2v) is 6.84. The third-order valence-electron chi connectivity index (χ3n) is 4.63. The number of rotatable bonds is 9. The number of aromatic nitrogens is 3. The van der Waals surface area contributed by atoms with Crippen molar-refractivity contribution in [2.24, 2.45) is 0 Å². The van der Waals surface area contributed by atoms with Crippen LogP contribution in [0.3, 0.4) is 0 Å². The molecule has 1 atom stereocenters. The third kappa shape index (κ3) is 5.41. The van der Waals surface area contributed by atoms with E-state index in [1.54, 1.807) is 25.0 Å². The fourth-order valence-electron chi connectivity index (χ4n) is 3.01. The van der Waals surface area contributed by atoms with Crippen LogP contribution >= 0.6 is 0 Å². The minimum absolute atomic E-state index is 0.000141. The van der Waals surface area contributed by atoms with Gasteiger partial charge in [-0.05, 0) is 45.7 Å². The van der Waals surface area contributed by atoms with Gasteiger partial charge in [-0.25, -0.2) is 9.97 Å². The maximum Gasteiger partial charge on any atom is 0.232 e. The number of hydrogen-bond donors (Lipinski definition) is 1. The molecule has 0 radical (unpaired) electrons. The van der Waals surface area contributed by atoms with Gasteiger partial charge in [-0.3, -0.25) is 4.79 Å². The minimum atomic E-state index is -0.391. The number of nitrogens with zero attached hydrogens (tertiary/aromatic N) is 4. The summed E-state index contributed by atoms with van der Waals surface area (Å²) >= 11 is 0. The molecule has 7 nitrogen and oxygen atoms in total. The second-order valence-electron chi connectivity index (χ2n) is 6.84. The molecule has 0 fully saturated rings. The number of anilines is 1. The van der Waals surface area contributed by atoms with E-state index >= 15 is 0 Å². The number of hydrogen-bond acceptors (Lipinski definition) is 6. The number of methoxy groups -OCH3 is 1. The Labute approximate surface area is 167 Å². The zero-order valence-electron chi connectivity index (χ0n) is 17.7. The molecule has 2 heterocycles. The molecule has 0 aromatic carbocycles. The predicted octanol–water partition coefficient (Wildman–Crippen LogP) is 3.47. The molecule has 152 valence electrons. The number of pyridine rings is 1. The molecule has 0 bridgehead atoms. The van der Waals surface area contributed by atoms with E-state index in [0.29, 0.717) is 30.6 Å². The fourth-order valence-corrected chi connectivity index (χ4v) is 3.01. The number of aryl methyl sites for hydroxylation is 3. The number of carbonyl (C=O) groups excluding carboxylic acids is 1. The van der Waals surface area contributed by atoms with Gasteiger partial charge in [-0.2, -0.15) is 4.98 Å². The Kier molecular flexibility index (Phi) is 7.72. The molecule has 2 aromatic heterocycles. The molecule has 2 aromatic rings. The molecule has 2 rings (SSSR count). The maximum atomic E-state index is 13.0. The van der Waals surface area contributed by atoms with Gasteiger partial charge in [-0.1, -0.05) is 19.4 Å². The van der Waals surface area contributed by atoms with Gasteiger partial charge in [0, 0.05) is 18.3 Å². The Hall–Kier alpha value is -2.70. The molecule has 7 heteroatoms. The number of nitrogens with one attached hydrogen (secondary N) is 1. The highest BCUT2D eigenvalue weighted by Crippen LogP contribution is 2.21. The standard InChI is InChI=1S/C21H31N5O2/c1-7-9-17-11-10-14(3)23-20(17)22-13-26(8-2)21(27)15(4)18-12-19(28-6)25-16(5)24-18/h10-12,15H,7-9,13H2,1-6H3,(H,22,23)/t15-/m0/s1. The highest BCUT2D eigenvalue weighted by molar-refractivity contribution is 5.83. The van der Waals surface area contributed by atoms with Gasteiger partial charge in [0.1, 0.15) is 11.6 Å². The first-order chi connectivity index (χ1) is 13.4. The maximum absolute atomic E-state index is 13.0. The van der Waals surface area contributed by atoms with Crippen molar-refractivity contribution in [3.05, 3.63) is 41.0 Å². The van der Waals surface area contributed by atoms with Gasteiger partial charge in [0.25, 0.3) is 0 Å². The SMILES string of the molecule is CCCc1ccc(C)nc1NCN(CC)C(=O)[C@@H](C)c1cc(OC)nc(C)n1. The Balaban J connectivity index is 2.14. The van der Waals surface area contributed by atoms with E-state index in [1.165, 1.54) is 5.56 Å². The van der Waals surface area contributed by atoms with E-state index in [1.807, 2.05) is 26.8 Å². The molecule has 0 aliphatic carbocycles. The molecule has 1 N–H and O–H groups in total. The van der Waals surface area contributed by atoms with Gasteiger partial charge < -0.3 is 15.0 Å². The lowest BCUT2D eigenvalue weighted by Crippen LogP contribution is -2.38. The molecule has 0 aliphatic rings. The van der Waals surface area contributed by atoms with E-state index in [-0.39, 0.29) is 5.91 Å². The van der Waals surface area contributed by atoms with Crippen molar-refractivity contribution >= 4 is 11.7 Å². The molecule has 0 spiro atoms. The summed E-state index contributed by atoms with van der Waals surface area (Å²) in [5.41, 5.74) is 2.78. The summed E-state index contributed by atoms with van der Waals surface area (Å²) in [7, 11) is 1.56. The highest BCUT2D eigenvalue weighted by atomic mass is 16.5. The van der Waals surface area contributed by atoms with Crippen LogP contribution in [-0.4, -0.2) is 46.1 Å². The van der Waals surface area contributed by atoms with Crippen molar-refractivity contribution < 1.29 is 9.53 Å². The second kappa shape index (κ2) is 10.0. The van der Waals surface area contributed by atoms with Crippen LogP contribution in [0.25, 0.3) is 0 Å². The molecule has 0 saturated heterocycles. The van der Waals surface area contributed by atoms with Crippen molar-refractivity contribution in [3.8, 4) is 5.88 Å². The Morgan fingerprint density at radius 1 is 1.21 bits per heavy atom. The van der Waals surface area contributed by atoms with Crippen molar-refractivity contribution in [2.45, 2.75) is 53.4 Å². The first-order valence-electron chi connectivity index (χ1n) is 9.78. The summed E-state index contributed by atoms with van der Waals surface area (Å²) < 4.78 is 5.21. The summed E-state index contributed by atoms with van der Waals surface area (Å²) in [5, 5.41) is 3.35. The lowest BCUT2D eigenvalue weighted by atomic mass is 10.1. The summed E-state index contributed by atoms with van der Waals surface area (Å²) in [5.74, 6) is 1.51. The van der Waals surface area contributed by atoms with Crippen molar-refractivity contribution in [1.82, 2.24) is 19.9 Å². The van der Waals surface area contributed by atoms with E-state index in [2.05, 4.69) is 33.3 Å². The summed E-state index contributed by atoms with van der Waals surface area (Å²) in [6.07, 6.45) is 1.99. The molecule has 0 unspecified atom stereocenters. The van der Waals surface area contributed by atoms with Crippen LogP contribution in [0.5, 0.6) is 5.88 Å². The van der Waals surface area contributed by atoms with Gasteiger partial charge in [0.05, 0.1) is 25.4 Å². The smallest absolute Gasteiger partial charge is 0.232 e. The first-order valence-corrected chi connectivity index (χ1v) is 9.78. The van der Waals surface area contributed by atoms with Gasteiger partial charge in [0.2, 0.25) is 11.8 Å². The normalized spacial score (nSPS) is 11.8. The average Bonchev–Trinajstić information content (AvgIpc) is 2.69. The predicted molar refractivity (Wildman–Crippen MR) is 111 cm³/mol. The molecular formula is C21H31N5O2. The summed E-state index contributed by atoms with van der Waals surface area (Å²) in [4.78, 5) is 28.0. The van der Waals surface area contributed by atoms with Crippen LogP contribution in [0.15, 0.2) is 18.2 Å². The quantitative estimate of drug-likeness (QED) is 0.666. The lowest BCUT2D eigenvalue weighted by Gasteiger charge is -2.25. The van der Waals surface area contributed by atoms with Crippen LogP contribution < -0.4 is 10.1 Å². The zero-order chi connectivity index (χ0) is 20.7. The van der Waals surface area contributed by atoms with Crippen LogP contribution in [-0.2, 0) is 11.2 Å². The average molecular weight is 386 g/mol. The van der Waals surface area contributed by atoms with E-state index in [9.17, 15) is 4.79 Å². The topological polar surface area (TPSA) is 80.2 Å². The Morgan fingerprint density at radius 2 is 1.96 bits per heavy atom.